The topological polar surface area (TPSA) is 88.5 Å². The average Bonchev–Trinajstić information content (AvgIpc) is 2.52. The molecule has 1 saturated carbocycles. The lowest BCUT2D eigenvalue weighted by atomic mass is 9.66. The number of hydrogen-bond donors (Lipinski definition) is 2. The monoisotopic (exact) mass is 326 g/mol. The number of carboxylic acid groups (broad SMARTS) is 1. The molecule has 0 unspecified atom stereocenters. The van der Waals surface area contributed by atoms with Crippen LogP contribution in [-0.2, 0) is 9.59 Å². The number of amides is 1. The smallest absolute Gasteiger partial charge is 0.310 e. The van der Waals surface area contributed by atoms with Gasteiger partial charge in [-0.1, -0.05) is 12.5 Å². The summed E-state index contributed by atoms with van der Waals surface area (Å²) < 4.78 is 5.69. The Bertz CT molecular complexity index is 742. The maximum atomic E-state index is 12.2. The zero-order valence-corrected chi connectivity index (χ0v) is 13.1. The van der Waals surface area contributed by atoms with E-state index < -0.39 is 11.4 Å². The molecule has 0 radical (unpaired) electrons. The second-order valence-electron chi connectivity index (χ2n) is 5.98. The Kier molecular flexibility index (Phi) is 4.46. The molecule has 0 atom stereocenters. The number of aromatic nitrogens is 1. The first-order chi connectivity index (χ1) is 11.6. The van der Waals surface area contributed by atoms with E-state index in [9.17, 15) is 14.7 Å². The molecule has 1 amide bonds. The minimum absolute atomic E-state index is 0.00221. The molecule has 1 fully saturated rings. The molecule has 1 aromatic heterocycles. The van der Waals surface area contributed by atoms with Crippen molar-refractivity contribution in [2.24, 2.45) is 5.41 Å². The van der Waals surface area contributed by atoms with E-state index in [2.05, 4.69) is 10.3 Å². The normalized spacial score (nSPS) is 15.2. The standard InChI is InChI=1S/C18H18N2O4/c21-16(12-18(17(22)23)7-2-8-18)20-13-3-1-4-15(11-13)24-14-5-9-19-10-6-14/h1,3-6,9-11H,2,7-8,12H2,(H,20,21)(H,22,23). The van der Waals surface area contributed by atoms with E-state index in [0.29, 0.717) is 30.0 Å². The SMILES string of the molecule is O=C(CC1(C(=O)O)CCC1)Nc1cccc(Oc2ccncc2)c1. The second-order valence-corrected chi connectivity index (χ2v) is 5.98. The maximum Gasteiger partial charge on any atom is 0.310 e. The van der Waals surface area contributed by atoms with Crippen LogP contribution in [0.1, 0.15) is 25.7 Å². The van der Waals surface area contributed by atoms with Gasteiger partial charge < -0.3 is 15.2 Å². The van der Waals surface area contributed by atoms with E-state index >= 15 is 0 Å². The molecule has 1 aliphatic rings. The van der Waals surface area contributed by atoms with Gasteiger partial charge in [-0.2, -0.15) is 0 Å². The average molecular weight is 326 g/mol. The van der Waals surface area contributed by atoms with Crippen LogP contribution in [0.2, 0.25) is 0 Å². The third-order valence-corrected chi connectivity index (χ3v) is 4.27. The van der Waals surface area contributed by atoms with Crippen LogP contribution in [0.5, 0.6) is 11.5 Å². The Balaban J connectivity index is 1.64. The van der Waals surface area contributed by atoms with E-state index in [0.717, 1.165) is 6.42 Å². The highest BCUT2D eigenvalue weighted by Gasteiger charge is 2.45. The zero-order chi connectivity index (χ0) is 17.0. The number of aliphatic carboxylic acids is 1. The molecular weight excluding hydrogens is 308 g/mol. The van der Waals surface area contributed by atoms with Gasteiger partial charge in [0.2, 0.25) is 5.91 Å². The number of ether oxygens (including phenoxy) is 1. The lowest BCUT2D eigenvalue weighted by molar-refractivity contribution is -0.157. The molecule has 6 heteroatoms. The van der Waals surface area contributed by atoms with Gasteiger partial charge in [0.05, 0.1) is 5.41 Å². The summed E-state index contributed by atoms with van der Waals surface area (Å²) in [4.78, 5) is 27.4. The summed E-state index contributed by atoms with van der Waals surface area (Å²) in [5.74, 6) is 0.0419. The predicted octanol–water partition coefficient (Wildman–Crippen LogP) is 3.46. The minimum Gasteiger partial charge on any atom is -0.481 e. The number of carbonyl (C=O) groups is 2. The number of rotatable bonds is 6. The molecule has 0 saturated heterocycles. The largest absolute Gasteiger partial charge is 0.481 e. The van der Waals surface area contributed by atoms with Gasteiger partial charge in [0.1, 0.15) is 11.5 Å². The number of nitrogens with zero attached hydrogens (tertiary/aromatic N) is 1. The quantitative estimate of drug-likeness (QED) is 0.848. The van der Waals surface area contributed by atoms with E-state index in [-0.39, 0.29) is 12.3 Å². The van der Waals surface area contributed by atoms with Crippen molar-refractivity contribution < 1.29 is 19.4 Å². The maximum absolute atomic E-state index is 12.2. The van der Waals surface area contributed by atoms with Crippen molar-refractivity contribution in [1.29, 1.82) is 0 Å². The molecule has 0 bridgehead atoms. The Morgan fingerprint density at radius 3 is 2.54 bits per heavy atom. The van der Waals surface area contributed by atoms with Crippen molar-refractivity contribution in [3.8, 4) is 11.5 Å². The van der Waals surface area contributed by atoms with Crippen LogP contribution in [0.15, 0.2) is 48.8 Å². The highest BCUT2D eigenvalue weighted by molar-refractivity contribution is 5.94. The van der Waals surface area contributed by atoms with Crippen molar-refractivity contribution in [3.63, 3.8) is 0 Å². The van der Waals surface area contributed by atoms with Gasteiger partial charge >= 0.3 is 5.97 Å². The highest BCUT2D eigenvalue weighted by atomic mass is 16.5. The molecule has 2 N–H and O–H groups in total. The lowest BCUT2D eigenvalue weighted by Gasteiger charge is -2.36. The first-order valence-electron chi connectivity index (χ1n) is 7.79. The molecule has 3 rings (SSSR count). The summed E-state index contributed by atoms with van der Waals surface area (Å²) in [6.45, 7) is 0. The molecule has 1 heterocycles. The summed E-state index contributed by atoms with van der Waals surface area (Å²) in [6.07, 6.45) is 5.23. The number of carboxylic acids is 1. The fourth-order valence-corrected chi connectivity index (χ4v) is 2.76. The predicted molar refractivity (Wildman–Crippen MR) is 87.9 cm³/mol. The number of anilines is 1. The molecule has 1 aromatic carbocycles. The Morgan fingerprint density at radius 1 is 1.17 bits per heavy atom. The fraction of sp³-hybridized carbons (Fsp3) is 0.278. The van der Waals surface area contributed by atoms with Crippen LogP contribution in [0.3, 0.4) is 0 Å². The minimum atomic E-state index is -0.894. The summed E-state index contributed by atoms with van der Waals surface area (Å²) >= 11 is 0. The number of pyridine rings is 1. The van der Waals surface area contributed by atoms with E-state index in [1.165, 1.54) is 0 Å². The van der Waals surface area contributed by atoms with Gasteiger partial charge in [-0.25, -0.2) is 0 Å². The first-order valence-corrected chi connectivity index (χ1v) is 7.79. The molecule has 2 aromatic rings. The van der Waals surface area contributed by atoms with Crippen molar-refractivity contribution in [1.82, 2.24) is 4.98 Å². The number of carbonyl (C=O) groups excluding carboxylic acids is 1. The van der Waals surface area contributed by atoms with Gasteiger partial charge in [0, 0.05) is 30.6 Å². The summed E-state index contributed by atoms with van der Waals surface area (Å²) in [5, 5.41) is 12.1. The molecule has 1 aliphatic carbocycles. The first kappa shape index (κ1) is 16.0. The molecule has 0 aliphatic heterocycles. The summed E-state index contributed by atoms with van der Waals surface area (Å²) in [7, 11) is 0. The molecule has 124 valence electrons. The molecular formula is C18H18N2O4. The summed E-state index contributed by atoms with van der Waals surface area (Å²) in [5.41, 5.74) is -0.318. The second kappa shape index (κ2) is 6.70. The van der Waals surface area contributed by atoms with Crippen LogP contribution in [-0.4, -0.2) is 22.0 Å². The number of nitrogens with one attached hydrogen (secondary N) is 1. The van der Waals surface area contributed by atoms with Gasteiger partial charge in [-0.05, 0) is 37.1 Å². The Hall–Kier alpha value is -2.89. The van der Waals surface area contributed by atoms with Gasteiger partial charge in [0.15, 0.2) is 0 Å². The van der Waals surface area contributed by atoms with Crippen molar-refractivity contribution >= 4 is 17.6 Å². The van der Waals surface area contributed by atoms with Gasteiger partial charge in [-0.3, -0.25) is 14.6 Å². The van der Waals surface area contributed by atoms with Crippen molar-refractivity contribution in [3.05, 3.63) is 48.8 Å². The van der Waals surface area contributed by atoms with Crippen LogP contribution < -0.4 is 10.1 Å². The Morgan fingerprint density at radius 2 is 1.92 bits per heavy atom. The van der Waals surface area contributed by atoms with Gasteiger partial charge in [0.25, 0.3) is 0 Å². The molecule has 6 nitrogen and oxygen atoms in total. The Labute approximate surface area is 139 Å². The van der Waals surface area contributed by atoms with Gasteiger partial charge in [-0.15, -0.1) is 0 Å². The van der Waals surface area contributed by atoms with Crippen LogP contribution >= 0.6 is 0 Å². The van der Waals surface area contributed by atoms with Crippen LogP contribution in [0.25, 0.3) is 0 Å². The van der Waals surface area contributed by atoms with Crippen LogP contribution in [0, 0.1) is 5.41 Å². The highest BCUT2D eigenvalue weighted by Crippen LogP contribution is 2.44. The third kappa shape index (κ3) is 3.53. The number of hydrogen-bond acceptors (Lipinski definition) is 4. The van der Waals surface area contributed by atoms with E-state index in [1.807, 2.05) is 0 Å². The molecule has 24 heavy (non-hydrogen) atoms. The third-order valence-electron chi connectivity index (χ3n) is 4.27. The fourth-order valence-electron chi connectivity index (χ4n) is 2.76. The zero-order valence-electron chi connectivity index (χ0n) is 13.1. The lowest BCUT2D eigenvalue weighted by Crippen LogP contribution is -2.41. The van der Waals surface area contributed by atoms with Crippen LogP contribution in [0.4, 0.5) is 5.69 Å². The van der Waals surface area contributed by atoms with E-state index in [1.54, 1.807) is 48.8 Å². The van der Waals surface area contributed by atoms with E-state index in [4.69, 9.17) is 4.74 Å². The summed E-state index contributed by atoms with van der Waals surface area (Å²) in [6, 6.07) is 10.5. The number of benzene rings is 1. The van der Waals surface area contributed by atoms with Crippen molar-refractivity contribution in [2.45, 2.75) is 25.7 Å². The molecule has 0 spiro atoms. The van der Waals surface area contributed by atoms with Crippen molar-refractivity contribution in [2.75, 3.05) is 5.32 Å².